The fraction of sp³-hybridized carbons (Fsp3) is 0. The van der Waals surface area contributed by atoms with Gasteiger partial charge < -0.3 is 11.1 Å². The fourth-order valence-corrected chi connectivity index (χ4v) is 0. The van der Waals surface area contributed by atoms with Crippen LogP contribution in [-0.2, 0) is 0 Å². The van der Waals surface area contributed by atoms with Crippen LogP contribution in [-0.4, -0.2) is 0 Å². The quantitative estimate of drug-likeness (QED) is 0.203. The van der Waals surface area contributed by atoms with Gasteiger partial charge in [-0.1, -0.05) is 0 Å². The maximum atomic E-state index is 6.00. The summed E-state index contributed by atoms with van der Waals surface area (Å²) in [5.74, 6) is 0. The number of hydrogen-bond donors (Lipinski definition) is 0. The molecule has 0 aromatic rings. The van der Waals surface area contributed by atoms with Crippen molar-refractivity contribution in [2.45, 2.75) is 0 Å². The van der Waals surface area contributed by atoms with Crippen LogP contribution in [0.15, 0.2) is 0 Å². The third-order valence-corrected chi connectivity index (χ3v) is 0. The predicted molar refractivity (Wildman–Crippen MR) is 6.72 cm³/mol. The Bertz CT molecular complexity index is 4.00. The van der Waals surface area contributed by atoms with Gasteiger partial charge in [0.05, 0.1) is 0 Å². The Morgan fingerprint density at radius 3 is 0.750 bits per heavy atom. The van der Waals surface area contributed by atoms with Crippen LogP contribution < -0.4 is 59.1 Å². The van der Waals surface area contributed by atoms with Gasteiger partial charge in [-0.25, -0.2) is 0 Å². The summed E-state index contributed by atoms with van der Waals surface area (Å²) in [4.78, 5) is 0. The number of nitrogens with zero attached hydrogens (tertiary/aromatic N) is 2. The maximum Gasteiger partial charge on any atom is 1.00 e. The summed E-state index contributed by atoms with van der Waals surface area (Å²) in [7, 11) is 0. The van der Waals surface area contributed by atoms with Gasteiger partial charge in [0.25, 0.3) is 0 Å². The van der Waals surface area contributed by atoms with E-state index in [0.29, 0.717) is 0 Å². The molecule has 0 aromatic carbocycles. The molecule has 0 aromatic heterocycles. The smallest absolute Gasteiger partial charge is 1.00 e. The first-order chi connectivity index (χ1) is 1.00. The molecule has 0 rings (SSSR count). The Labute approximate surface area is 69.2 Å². The molecule has 4 heteroatoms. The molecular weight excluding hydrogens is 74.0 g/mol. The number of hydrogen-bond acceptors (Lipinski definition) is 0. The van der Waals surface area contributed by atoms with Gasteiger partial charge in [-0.05, 0) is 0 Å². The van der Waals surface area contributed by atoms with Gasteiger partial charge in [-0.3, -0.25) is 0 Å². The zero-order valence-electron chi connectivity index (χ0n) is 2.89. The molecule has 0 bridgehead atoms. The van der Waals surface area contributed by atoms with Gasteiger partial charge in [0.1, 0.15) is 0 Å². The summed E-state index contributed by atoms with van der Waals surface area (Å²) >= 11 is 0. The summed E-state index contributed by atoms with van der Waals surface area (Å²) < 4.78 is 0. The van der Waals surface area contributed by atoms with E-state index in [1.54, 1.807) is 0 Å². The van der Waals surface area contributed by atoms with Crippen LogP contribution in [0.4, 0.5) is 0 Å². The second-order valence-electron chi connectivity index (χ2n) is 0. The second kappa shape index (κ2) is 23.3. The van der Waals surface area contributed by atoms with Crippen LogP contribution in [0.5, 0.6) is 0 Å². The molecule has 0 N–H and O–H groups in total. The van der Waals surface area contributed by atoms with Crippen molar-refractivity contribution in [3.8, 4) is 0 Å². The summed E-state index contributed by atoms with van der Waals surface area (Å²) in [5, 5.41) is 0. The topological polar surface area (TPSA) is 44.6 Å². The first-order valence-corrected chi connectivity index (χ1v) is 0.200. The zero-order chi connectivity index (χ0) is 2.00. The van der Waals surface area contributed by atoms with E-state index in [-0.39, 0.29) is 59.1 Å². The predicted octanol–water partition coefficient (Wildman–Crippen LogP) is -5.41. The van der Waals surface area contributed by atoms with E-state index in [1.807, 2.05) is 0 Å². The molecule has 0 amide bonds. The minimum absolute atomic E-state index is 0. The largest absolute Gasteiger partial charge is 1.00 e. The van der Waals surface area contributed by atoms with Crippen LogP contribution in [0.1, 0.15) is 0 Å². The molecule has 0 heterocycles. The molecule has 0 aliphatic heterocycles. The SMILES string of the molecule is [N-]=[N-].[Na+].[Na+]. The zero-order valence-corrected chi connectivity index (χ0v) is 6.89. The van der Waals surface area contributed by atoms with Gasteiger partial charge in [0.15, 0.2) is 0 Å². The Morgan fingerprint density at radius 1 is 0.750 bits per heavy atom. The Balaban J connectivity index is -0.00000000500. The average molecular weight is 74.0 g/mol. The molecule has 0 aliphatic carbocycles. The maximum absolute atomic E-state index is 6.00. The molecule has 0 fully saturated rings. The molecule has 0 saturated carbocycles. The average Bonchev–Trinajstić information content (AvgIpc) is 1.00. The first kappa shape index (κ1) is 17.5. The monoisotopic (exact) mass is 74.0 g/mol. The van der Waals surface area contributed by atoms with E-state index >= 15 is 0 Å². The minimum Gasteiger partial charge on any atom is -1.00 e. The summed E-state index contributed by atoms with van der Waals surface area (Å²) in [6, 6.07) is 0. The van der Waals surface area contributed by atoms with Crippen molar-refractivity contribution < 1.29 is 59.1 Å². The van der Waals surface area contributed by atoms with Crippen molar-refractivity contribution in [3.63, 3.8) is 0 Å². The molecule has 0 unspecified atom stereocenters. The van der Waals surface area contributed by atoms with Gasteiger partial charge in [-0.15, -0.1) is 0 Å². The van der Waals surface area contributed by atoms with Gasteiger partial charge in [0.2, 0.25) is 0 Å². The van der Waals surface area contributed by atoms with E-state index in [2.05, 4.69) is 0 Å². The van der Waals surface area contributed by atoms with E-state index < -0.39 is 0 Å². The molecule has 2 nitrogen and oxygen atoms in total. The van der Waals surface area contributed by atoms with Crippen molar-refractivity contribution in [1.82, 2.24) is 0 Å². The summed E-state index contributed by atoms with van der Waals surface area (Å²) in [6.45, 7) is 0. The van der Waals surface area contributed by atoms with Gasteiger partial charge in [0, 0.05) is 0 Å². The van der Waals surface area contributed by atoms with Crippen molar-refractivity contribution >= 4 is 0 Å². The molecule has 0 saturated heterocycles. The summed E-state index contributed by atoms with van der Waals surface area (Å²) in [5.41, 5.74) is 12.0. The van der Waals surface area contributed by atoms with Crippen molar-refractivity contribution in [3.05, 3.63) is 11.1 Å². The van der Waals surface area contributed by atoms with Crippen LogP contribution >= 0.6 is 0 Å². The number of rotatable bonds is 0. The Kier molecular flexibility index (Phi) is 102. The third-order valence-electron chi connectivity index (χ3n) is 0. The van der Waals surface area contributed by atoms with E-state index in [0.717, 1.165) is 0 Å². The first-order valence-electron chi connectivity index (χ1n) is 0.200. The normalized spacial score (nSPS) is 1.00. The van der Waals surface area contributed by atoms with Crippen LogP contribution in [0.2, 0.25) is 0 Å². The van der Waals surface area contributed by atoms with Gasteiger partial charge in [-0.2, -0.15) is 0 Å². The van der Waals surface area contributed by atoms with Crippen molar-refractivity contribution in [2.24, 2.45) is 0 Å². The molecule has 0 spiro atoms. The van der Waals surface area contributed by atoms with Crippen molar-refractivity contribution in [2.75, 3.05) is 0 Å². The van der Waals surface area contributed by atoms with E-state index in [1.165, 1.54) is 0 Å². The Hall–Kier alpha value is 1.60. The van der Waals surface area contributed by atoms with E-state index in [4.69, 9.17) is 11.1 Å². The van der Waals surface area contributed by atoms with Gasteiger partial charge >= 0.3 is 59.1 Å². The van der Waals surface area contributed by atoms with Crippen LogP contribution in [0.25, 0.3) is 11.1 Å². The van der Waals surface area contributed by atoms with E-state index in [9.17, 15) is 0 Å². The molecule has 12 valence electrons. The minimum atomic E-state index is 0. The molecule has 0 aliphatic rings. The fourth-order valence-electron chi connectivity index (χ4n) is 0. The standard InChI is InChI=1S/N2.2Na/c1-2;;/q-2;2*+1. The van der Waals surface area contributed by atoms with Crippen molar-refractivity contribution in [1.29, 1.82) is 0 Å². The molecule has 0 radical (unpaired) electrons. The molecule has 0 atom stereocenters. The second-order valence-corrected chi connectivity index (χ2v) is 0. The molecular formula is N2Na2. The third kappa shape index (κ3) is 9.51. The summed E-state index contributed by atoms with van der Waals surface area (Å²) in [6.07, 6.45) is 0. The Morgan fingerprint density at radius 2 is 0.750 bits per heavy atom. The molecule has 4 heavy (non-hydrogen) atoms. The van der Waals surface area contributed by atoms with Crippen LogP contribution in [0, 0.1) is 0 Å². The van der Waals surface area contributed by atoms with Crippen LogP contribution in [0.3, 0.4) is 0 Å².